The van der Waals surface area contributed by atoms with Crippen LogP contribution in [0.1, 0.15) is 12.0 Å². The number of nitrogens with one attached hydrogen (secondary N) is 2. The summed E-state index contributed by atoms with van der Waals surface area (Å²) in [5.41, 5.74) is 3.30. The van der Waals surface area contributed by atoms with Gasteiger partial charge in [-0.3, -0.25) is 4.99 Å². The third-order valence-electron chi connectivity index (χ3n) is 5.26. The monoisotopic (exact) mass is 405 g/mol. The fourth-order valence-electron chi connectivity index (χ4n) is 3.67. The lowest BCUT2D eigenvalue weighted by Crippen LogP contribution is -2.44. The Hall–Kier alpha value is -3.55. The van der Waals surface area contributed by atoms with Gasteiger partial charge in [0, 0.05) is 32.7 Å². The van der Waals surface area contributed by atoms with Crippen LogP contribution in [-0.2, 0) is 6.54 Å². The van der Waals surface area contributed by atoms with E-state index in [0.29, 0.717) is 12.6 Å². The van der Waals surface area contributed by atoms with E-state index in [9.17, 15) is 0 Å². The molecule has 8 heteroatoms. The van der Waals surface area contributed by atoms with Crippen LogP contribution >= 0.6 is 0 Å². The van der Waals surface area contributed by atoms with Crippen LogP contribution in [0, 0.1) is 0 Å². The summed E-state index contributed by atoms with van der Waals surface area (Å²) in [5, 5.41) is 11.1. The first-order chi connectivity index (χ1) is 14.8. The van der Waals surface area contributed by atoms with Crippen LogP contribution in [0.15, 0.2) is 66.2 Å². The molecule has 1 aliphatic heterocycles. The van der Waals surface area contributed by atoms with Crippen molar-refractivity contribution in [2.24, 2.45) is 4.99 Å². The molecule has 0 saturated carbocycles. The summed E-state index contributed by atoms with van der Waals surface area (Å²) in [6.07, 6.45) is 4.27. The van der Waals surface area contributed by atoms with E-state index in [1.807, 2.05) is 30.3 Å². The predicted molar refractivity (Wildman–Crippen MR) is 118 cm³/mol. The molecule has 4 rings (SSSR count). The molecule has 0 amide bonds. The van der Waals surface area contributed by atoms with Crippen molar-refractivity contribution in [2.75, 3.05) is 32.1 Å². The Morgan fingerprint density at radius 1 is 1.20 bits per heavy atom. The maximum atomic E-state index is 5.51. The van der Waals surface area contributed by atoms with Crippen molar-refractivity contribution in [2.45, 2.75) is 19.0 Å². The minimum Gasteiger partial charge on any atom is -0.495 e. The number of ether oxygens (including phenoxy) is 1. The number of para-hydroxylation sites is 2. The Kier molecular flexibility index (Phi) is 6.12. The third kappa shape index (κ3) is 4.53. The summed E-state index contributed by atoms with van der Waals surface area (Å²) in [5.74, 6) is 1.72. The molecule has 0 bridgehead atoms. The summed E-state index contributed by atoms with van der Waals surface area (Å²) in [4.78, 5) is 10.7. The highest BCUT2D eigenvalue weighted by Crippen LogP contribution is 2.30. The molecule has 2 heterocycles. The molecule has 1 atom stereocenters. The predicted octanol–water partition coefficient (Wildman–Crippen LogP) is 2.22. The summed E-state index contributed by atoms with van der Waals surface area (Å²) in [6.45, 7) is 2.59. The van der Waals surface area contributed by atoms with Gasteiger partial charge in [0.1, 0.15) is 18.4 Å². The molecule has 30 heavy (non-hydrogen) atoms. The fraction of sp³-hybridized carbons (Fsp3) is 0.318. The van der Waals surface area contributed by atoms with E-state index in [-0.39, 0.29) is 0 Å². The zero-order chi connectivity index (χ0) is 20.8. The number of hydrogen-bond donors (Lipinski definition) is 2. The van der Waals surface area contributed by atoms with Gasteiger partial charge in [0.15, 0.2) is 5.96 Å². The van der Waals surface area contributed by atoms with Crippen molar-refractivity contribution in [3.05, 3.63) is 66.7 Å². The number of nitrogens with zero attached hydrogens (tertiary/aromatic N) is 5. The molecular weight excluding hydrogens is 378 g/mol. The number of rotatable bonds is 6. The first-order valence-electron chi connectivity index (χ1n) is 10.1. The molecule has 8 nitrogen and oxygen atoms in total. The van der Waals surface area contributed by atoms with Crippen LogP contribution < -0.4 is 20.3 Å². The van der Waals surface area contributed by atoms with Gasteiger partial charge >= 0.3 is 0 Å². The van der Waals surface area contributed by atoms with Crippen LogP contribution in [0.2, 0.25) is 0 Å². The van der Waals surface area contributed by atoms with E-state index in [2.05, 4.69) is 48.8 Å². The van der Waals surface area contributed by atoms with Crippen LogP contribution in [0.4, 0.5) is 5.69 Å². The maximum absolute atomic E-state index is 5.51. The molecule has 3 aromatic rings. The van der Waals surface area contributed by atoms with Gasteiger partial charge in [-0.25, -0.2) is 9.67 Å². The summed E-state index contributed by atoms with van der Waals surface area (Å²) in [7, 11) is 3.52. The SMILES string of the molecule is CN=C(NCc1ccc(-n2cncn2)cc1)NC1CCN(c2ccccc2OC)C1. The Morgan fingerprint density at radius 2 is 2.03 bits per heavy atom. The molecule has 1 saturated heterocycles. The van der Waals surface area contributed by atoms with Crippen molar-refractivity contribution in [3.8, 4) is 11.4 Å². The van der Waals surface area contributed by atoms with Gasteiger partial charge in [0.2, 0.25) is 0 Å². The molecule has 1 aliphatic rings. The number of hydrogen-bond acceptors (Lipinski definition) is 5. The highest BCUT2D eigenvalue weighted by Gasteiger charge is 2.25. The molecule has 1 aromatic heterocycles. The van der Waals surface area contributed by atoms with E-state index in [4.69, 9.17) is 4.74 Å². The first kappa shape index (κ1) is 19.8. The molecule has 1 unspecified atom stereocenters. The zero-order valence-corrected chi connectivity index (χ0v) is 17.3. The minimum absolute atomic E-state index is 0.329. The molecule has 1 fully saturated rings. The maximum Gasteiger partial charge on any atom is 0.191 e. The van der Waals surface area contributed by atoms with Crippen LogP contribution in [0.3, 0.4) is 0 Å². The number of aliphatic imine (C=N–C) groups is 1. The van der Waals surface area contributed by atoms with E-state index >= 15 is 0 Å². The van der Waals surface area contributed by atoms with Gasteiger partial charge in [-0.1, -0.05) is 24.3 Å². The molecule has 0 radical (unpaired) electrons. The number of aromatic nitrogens is 3. The van der Waals surface area contributed by atoms with E-state index in [1.165, 1.54) is 11.9 Å². The highest BCUT2D eigenvalue weighted by atomic mass is 16.5. The molecule has 0 aliphatic carbocycles. The van der Waals surface area contributed by atoms with E-state index < -0.39 is 0 Å². The average molecular weight is 406 g/mol. The lowest BCUT2D eigenvalue weighted by Gasteiger charge is -2.22. The van der Waals surface area contributed by atoms with Gasteiger partial charge in [-0.05, 0) is 36.2 Å². The summed E-state index contributed by atoms with van der Waals surface area (Å²) < 4.78 is 7.25. The normalized spacial score (nSPS) is 16.5. The average Bonchev–Trinajstić information content (AvgIpc) is 3.49. The standard InChI is InChI=1S/C22H27N7O/c1-23-22(25-13-17-7-9-19(10-8-17)29-16-24-15-26-29)27-18-11-12-28(14-18)20-5-3-4-6-21(20)30-2/h3-10,15-16,18H,11-14H2,1-2H3,(H2,23,25,27). The van der Waals surface area contributed by atoms with E-state index in [1.54, 1.807) is 25.2 Å². The Morgan fingerprint density at radius 3 is 2.77 bits per heavy atom. The van der Waals surface area contributed by atoms with Crippen molar-refractivity contribution in [1.29, 1.82) is 0 Å². The number of methoxy groups -OCH3 is 1. The van der Waals surface area contributed by atoms with Crippen molar-refractivity contribution in [3.63, 3.8) is 0 Å². The number of guanidine groups is 1. The second-order valence-electron chi connectivity index (χ2n) is 7.18. The molecule has 2 aromatic carbocycles. The minimum atomic E-state index is 0.329. The van der Waals surface area contributed by atoms with Crippen molar-refractivity contribution < 1.29 is 4.74 Å². The Labute approximate surface area is 176 Å². The van der Waals surface area contributed by atoms with Gasteiger partial charge < -0.3 is 20.3 Å². The molecule has 156 valence electrons. The topological polar surface area (TPSA) is 79.6 Å². The largest absolute Gasteiger partial charge is 0.495 e. The van der Waals surface area contributed by atoms with E-state index in [0.717, 1.165) is 42.6 Å². The van der Waals surface area contributed by atoms with Crippen LogP contribution in [-0.4, -0.2) is 54.0 Å². The van der Waals surface area contributed by atoms with Gasteiger partial charge in [0.05, 0.1) is 18.5 Å². The smallest absolute Gasteiger partial charge is 0.191 e. The summed E-state index contributed by atoms with van der Waals surface area (Å²) >= 11 is 0. The quantitative estimate of drug-likeness (QED) is 0.484. The summed E-state index contributed by atoms with van der Waals surface area (Å²) in [6, 6.07) is 16.7. The second-order valence-corrected chi connectivity index (χ2v) is 7.18. The second kappa shape index (κ2) is 9.30. The van der Waals surface area contributed by atoms with Crippen molar-refractivity contribution >= 4 is 11.6 Å². The zero-order valence-electron chi connectivity index (χ0n) is 17.3. The molecule has 0 spiro atoms. The number of anilines is 1. The Balaban J connectivity index is 1.30. The van der Waals surface area contributed by atoms with Crippen molar-refractivity contribution in [1.82, 2.24) is 25.4 Å². The van der Waals surface area contributed by atoms with Gasteiger partial charge in [-0.15, -0.1) is 0 Å². The lowest BCUT2D eigenvalue weighted by atomic mass is 10.2. The van der Waals surface area contributed by atoms with Crippen LogP contribution in [0.25, 0.3) is 5.69 Å². The Bertz CT molecular complexity index is 969. The lowest BCUT2D eigenvalue weighted by molar-refractivity contribution is 0.415. The molecule has 2 N–H and O–H groups in total. The highest BCUT2D eigenvalue weighted by molar-refractivity contribution is 5.80. The van der Waals surface area contributed by atoms with Gasteiger partial charge in [0.25, 0.3) is 0 Å². The third-order valence-corrected chi connectivity index (χ3v) is 5.26. The van der Waals surface area contributed by atoms with Crippen LogP contribution in [0.5, 0.6) is 5.75 Å². The first-order valence-corrected chi connectivity index (χ1v) is 10.1. The van der Waals surface area contributed by atoms with Gasteiger partial charge in [-0.2, -0.15) is 5.10 Å². The molecular formula is C22H27N7O. The fourth-order valence-corrected chi connectivity index (χ4v) is 3.67. The number of benzene rings is 2.